The molecule has 0 aliphatic carbocycles. The zero-order valence-corrected chi connectivity index (χ0v) is 17.4. The highest BCUT2D eigenvalue weighted by atomic mass is 35.5. The van der Waals surface area contributed by atoms with E-state index in [0.717, 1.165) is 41.9 Å². The summed E-state index contributed by atoms with van der Waals surface area (Å²) in [7, 11) is 5.74. The molecule has 2 N–H and O–H groups in total. The van der Waals surface area contributed by atoms with Crippen LogP contribution in [0.2, 0.25) is 0 Å². The van der Waals surface area contributed by atoms with E-state index in [1.165, 1.54) is 0 Å². The number of aliphatic hydroxyl groups excluding tert-OH is 1. The van der Waals surface area contributed by atoms with E-state index in [1.807, 2.05) is 57.7 Å². The fourth-order valence-corrected chi connectivity index (χ4v) is 3.36. The molecule has 0 bridgehead atoms. The molecule has 1 heterocycles. The molecule has 0 aliphatic heterocycles. The maximum Gasteiger partial charge on any atom is 0.203 e. The summed E-state index contributed by atoms with van der Waals surface area (Å²) >= 11 is 0. The first-order valence-electron chi connectivity index (χ1n) is 9.20. The van der Waals surface area contributed by atoms with Crippen molar-refractivity contribution in [2.45, 2.75) is 25.6 Å². The minimum absolute atomic E-state index is 0. The number of nitrogens with zero attached hydrogens (tertiary/aromatic N) is 3. The molecule has 0 saturated heterocycles. The lowest BCUT2D eigenvalue weighted by atomic mass is 10.1. The smallest absolute Gasteiger partial charge is 0.203 e. The molecular formula is C21H28ClN4O2-. The van der Waals surface area contributed by atoms with E-state index >= 15 is 0 Å². The molecule has 1 unspecified atom stereocenters. The number of imidazole rings is 1. The Morgan fingerprint density at radius 1 is 1.04 bits per heavy atom. The van der Waals surface area contributed by atoms with Gasteiger partial charge in [-0.05, 0) is 56.9 Å². The van der Waals surface area contributed by atoms with Crippen molar-refractivity contribution in [3.63, 3.8) is 0 Å². The van der Waals surface area contributed by atoms with Crippen molar-refractivity contribution in [2.75, 3.05) is 27.7 Å². The molecule has 0 amide bonds. The van der Waals surface area contributed by atoms with Gasteiger partial charge in [0.15, 0.2) is 0 Å². The third kappa shape index (κ3) is 4.76. The number of benzene rings is 2. The van der Waals surface area contributed by atoms with Crippen LogP contribution in [0.4, 0.5) is 0 Å². The highest BCUT2D eigenvalue weighted by molar-refractivity contribution is 5.75. The minimum Gasteiger partial charge on any atom is -1.00 e. The molecule has 28 heavy (non-hydrogen) atoms. The van der Waals surface area contributed by atoms with Crippen LogP contribution in [-0.2, 0) is 13.1 Å². The standard InChI is InChI=1S/C21H28N4O2.ClH/c1-23(2)13-6-14-24-18-7-4-5-8-19(18)25(21(24)22)15-20(26)16-9-11-17(27-3)12-10-16;/h4-5,7-12,20,22,26H,6,13-15H2,1-3H3;1H/p-1. The van der Waals surface area contributed by atoms with Crippen LogP contribution in [0, 0.1) is 5.41 Å². The van der Waals surface area contributed by atoms with Crippen molar-refractivity contribution in [2.24, 2.45) is 0 Å². The maximum atomic E-state index is 10.7. The van der Waals surface area contributed by atoms with Gasteiger partial charge in [0.05, 0.1) is 30.8 Å². The third-order valence-electron chi connectivity index (χ3n) is 4.82. The Morgan fingerprint density at radius 2 is 1.64 bits per heavy atom. The number of aliphatic hydroxyl groups is 1. The van der Waals surface area contributed by atoms with Gasteiger partial charge in [0.25, 0.3) is 0 Å². The number of aromatic nitrogens is 2. The molecule has 1 aromatic heterocycles. The van der Waals surface area contributed by atoms with Crippen molar-refractivity contribution < 1.29 is 22.3 Å². The number of halogens is 1. The number of methoxy groups -OCH3 is 1. The second-order valence-electron chi connectivity index (χ2n) is 7.02. The van der Waals surface area contributed by atoms with Gasteiger partial charge in [-0.15, -0.1) is 0 Å². The molecule has 0 spiro atoms. The number of para-hydroxylation sites is 2. The van der Waals surface area contributed by atoms with Gasteiger partial charge in [0, 0.05) is 6.54 Å². The Hall–Kier alpha value is -2.28. The third-order valence-corrected chi connectivity index (χ3v) is 4.82. The van der Waals surface area contributed by atoms with E-state index in [1.54, 1.807) is 7.11 Å². The largest absolute Gasteiger partial charge is 1.00 e. The van der Waals surface area contributed by atoms with Crippen LogP contribution in [0.5, 0.6) is 5.75 Å². The molecule has 6 nitrogen and oxygen atoms in total. The lowest BCUT2D eigenvalue weighted by Gasteiger charge is -2.13. The first-order chi connectivity index (χ1) is 13.0. The Labute approximate surface area is 171 Å². The molecule has 3 aromatic rings. The number of nitrogens with one attached hydrogen (secondary N) is 1. The van der Waals surface area contributed by atoms with E-state index in [9.17, 15) is 5.11 Å². The van der Waals surface area contributed by atoms with Crippen molar-refractivity contribution in [1.82, 2.24) is 14.0 Å². The van der Waals surface area contributed by atoms with Gasteiger partial charge in [-0.25, -0.2) is 0 Å². The van der Waals surface area contributed by atoms with Gasteiger partial charge < -0.3 is 36.3 Å². The molecule has 0 aliphatic rings. The van der Waals surface area contributed by atoms with Crippen LogP contribution in [0.25, 0.3) is 11.0 Å². The summed E-state index contributed by atoms with van der Waals surface area (Å²) in [6, 6.07) is 15.4. The molecule has 3 rings (SSSR count). The Bertz CT molecular complexity index is 947. The average molecular weight is 404 g/mol. The van der Waals surface area contributed by atoms with E-state index < -0.39 is 6.10 Å². The summed E-state index contributed by atoms with van der Waals surface area (Å²) in [5, 5.41) is 19.4. The summed E-state index contributed by atoms with van der Waals surface area (Å²) in [6.07, 6.45) is 0.282. The van der Waals surface area contributed by atoms with Crippen LogP contribution in [0.1, 0.15) is 18.1 Å². The Kier molecular flexibility index (Phi) is 7.69. The SMILES string of the molecule is COc1ccc(C(O)Cn2c(=N)n(CCCN(C)C)c3ccccc32)cc1.[Cl-]. The zero-order valence-electron chi connectivity index (χ0n) is 16.6. The fourth-order valence-electron chi connectivity index (χ4n) is 3.36. The van der Waals surface area contributed by atoms with Crippen LogP contribution in [0.3, 0.4) is 0 Å². The molecular weight excluding hydrogens is 376 g/mol. The van der Waals surface area contributed by atoms with Crippen molar-refractivity contribution in [3.8, 4) is 5.75 Å². The fraction of sp³-hybridized carbons (Fsp3) is 0.381. The summed E-state index contributed by atoms with van der Waals surface area (Å²) in [4.78, 5) is 2.15. The lowest BCUT2D eigenvalue weighted by Crippen LogP contribution is -3.00. The predicted molar refractivity (Wildman–Crippen MR) is 107 cm³/mol. The Morgan fingerprint density at radius 3 is 2.21 bits per heavy atom. The molecule has 152 valence electrons. The number of hydrogen-bond donors (Lipinski definition) is 2. The van der Waals surface area contributed by atoms with E-state index in [2.05, 4.69) is 19.0 Å². The van der Waals surface area contributed by atoms with Crippen LogP contribution >= 0.6 is 0 Å². The van der Waals surface area contributed by atoms with Gasteiger partial charge in [-0.2, -0.15) is 0 Å². The number of fused-ring (bicyclic) bond motifs is 1. The number of aryl methyl sites for hydroxylation is 1. The summed E-state index contributed by atoms with van der Waals surface area (Å²) in [5.41, 5.74) is 3.23. The van der Waals surface area contributed by atoms with Gasteiger partial charge in [-0.3, -0.25) is 5.41 Å². The first-order valence-corrected chi connectivity index (χ1v) is 9.20. The van der Waals surface area contributed by atoms with E-state index in [0.29, 0.717) is 12.2 Å². The molecule has 7 heteroatoms. The summed E-state index contributed by atoms with van der Waals surface area (Å²) in [6.45, 7) is 2.09. The quantitative estimate of drug-likeness (QED) is 0.539. The maximum absolute atomic E-state index is 10.7. The van der Waals surface area contributed by atoms with E-state index in [-0.39, 0.29) is 12.4 Å². The van der Waals surface area contributed by atoms with Gasteiger partial charge in [0.1, 0.15) is 5.75 Å². The zero-order chi connectivity index (χ0) is 19.4. The normalized spacial score (nSPS) is 12.2. The predicted octanol–water partition coefficient (Wildman–Crippen LogP) is -0.380. The van der Waals surface area contributed by atoms with Gasteiger partial charge >= 0.3 is 0 Å². The van der Waals surface area contributed by atoms with Gasteiger partial charge in [-0.1, -0.05) is 24.3 Å². The van der Waals surface area contributed by atoms with Gasteiger partial charge in [0.2, 0.25) is 5.62 Å². The molecule has 0 saturated carbocycles. The summed E-state index contributed by atoms with van der Waals surface area (Å²) < 4.78 is 9.09. The molecule has 2 aromatic carbocycles. The van der Waals surface area contributed by atoms with Crippen LogP contribution < -0.4 is 22.8 Å². The highest BCUT2D eigenvalue weighted by Crippen LogP contribution is 2.21. The average Bonchev–Trinajstić information content (AvgIpc) is 2.93. The highest BCUT2D eigenvalue weighted by Gasteiger charge is 2.15. The lowest BCUT2D eigenvalue weighted by molar-refractivity contribution is -0.00000802. The van der Waals surface area contributed by atoms with Crippen LogP contribution in [-0.4, -0.2) is 46.9 Å². The van der Waals surface area contributed by atoms with E-state index in [4.69, 9.17) is 10.1 Å². The second kappa shape index (κ2) is 9.78. The van der Waals surface area contributed by atoms with Crippen LogP contribution in [0.15, 0.2) is 48.5 Å². The summed E-state index contributed by atoms with van der Waals surface area (Å²) in [5.74, 6) is 0.761. The minimum atomic E-state index is -0.689. The molecule has 1 atom stereocenters. The molecule has 0 fully saturated rings. The topological polar surface area (TPSA) is 66.4 Å². The number of rotatable bonds is 8. The molecule has 0 radical (unpaired) electrons. The van der Waals surface area contributed by atoms with Crippen molar-refractivity contribution in [1.29, 1.82) is 5.41 Å². The Balaban J connectivity index is 0.00000280. The first kappa shape index (κ1) is 22.0. The van der Waals surface area contributed by atoms with Crippen molar-refractivity contribution in [3.05, 3.63) is 59.7 Å². The van der Waals surface area contributed by atoms with Crippen molar-refractivity contribution >= 4 is 11.0 Å². The monoisotopic (exact) mass is 403 g/mol. The number of ether oxygens (including phenoxy) is 1. The second-order valence-corrected chi connectivity index (χ2v) is 7.02. The number of hydrogen-bond acceptors (Lipinski definition) is 4.